The summed E-state index contributed by atoms with van der Waals surface area (Å²) in [7, 11) is 1.74. The molecule has 4 aromatic rings. The van der Waals surface area contributed by atoms with Crippen molar-refractivity contribution < 1.29 is 13.5 Å². The van der Waals surface area contributed by atoms with Crippen molar-refractivity contribution >= 4 is 22.9 Å². The summed E-state index contributed by atoms with van der Waals surface area (Å²) in [6, 6.07) is 4.69. The first kappa shape index (κ1) is 20.2. The summed E-state index contributed by atoms with van der Waals surface area (Å²) in [6.45, 7) is 1.34. The van der Waals surface area contributed by atoms with Crippen molar-refractivity contribution in [3.05, 3.63) is 36.8 Å². The lowest BCUT2D eigenvalue weighted by Crippen LogP contribution is -2.61. The number of aromatic nitrogens is 6. The van der Waals surface area contributed by atoms with Crippen molar-refractivity contribution in [2.75, 3.05) is 44.0 Å². The molecule has 0 aromatic carbocycles. The van der Waals surface area contributed by atoms with E-state index in [9.17, 15) is 8.78 Å². The van der Waals surface area contributed by atoms with Crippen LogP contribution in [0.5, 0.6) is 0 Å². The van der Waals surface area contributed by atoms with E-state index in [0.717, 1.165) is 16.9 Å². The molecule has 0 bridgehead atoms. The molecule has 0 radical (unpaired) electrons. The van der Waals surface area contributed by atoms with Crippen LogP contribution in [0.1, 0.15) is 6.42 Å². The zero-order chi connectivity index (χ0) is 22.6. The van der Waals surface area contributed by atoms with Crippen molar-refractivity contribution in [3.8, 4) is 11.3 Å². The van der Waals surface area contributed by atoms with Gasteiger partial charge in [0.05, 0.1) is 37.5 Å². The quantitative estimate of drug-likeness (QED) is 0.472. The Morgan fingerprint density at radius 2 is 2.00 bits per heavy atom. The molecule has 4 aromatic heterocycles. The molecule has 6 rings (SSSR count). The molecule has 172 valence electrons. The maximum absolute atomic E-state index is 14.9. The minimum atomic E-state index is -2.90. The van der Waals surface area contributed by atoms with Crippen LogP contribution in [0, 0.1) is 0 Å². The van der Waals surface area contributed by atoms with Gasteiger partial charge in [-0.3, -0.25) is 4.90 Å². The minimum absolute atomic E-state index is 0.0915. The van der Waals surface area contributed by atoms with Gasteiger partial charge in [-0.05, 0) is 24.6 Å². The van der Waals surface area contributed by atoms with E-state index in [0.29, 0.717) is 37.5 Å². The molecular weight excluding hydrogens is 432 g/mol. The van der Waals surface area contributed by atoms with Crippen LogP contribution >= 0.6 is 0 Å². The van der Waals surface area contributed by atoms with Gasteiger partial charge in [-0.25, -0.2) is 22.8 Å². The summed E-state index contributed by atoms with van der Waals surface area (Å²) >= 11 is 0. The van der Waals surface area contributed by atoms with Gasteiger partial charge >= 0.3 is 0 Å². The predicted octanol–water partition coefficient (Wildman–Crippen LogP) is 2.00. The number of fused-ring (bicyclic) bond motifs is 2. The molecule has 2 saturated heterocycles. The Bertz CT molecular complexity index is 1320. The SMILES string of the molecule is CNc1nc(N[C@@H]2CCN(C3COC3)CC2(F)F)nn2ccc(-c3ccc4nccn4n3)c12. The molecule has 6 heterocycles. The van der Waals surface area contributed by atoms with Gasteiger partial charge in [-0.2, -0.15) is 10.1 Å². The average molecular weight is 455 g/mol. The molecule has 0 aliphatic carbocycles. The summed E-state index contributed by atoms with van der Waals surface area (Å²) in [5, 5.41) is 15.0. The average Bonchev–Trinajstić information content (AvgIpc) is 3.39. The third kappa shape index (κ3) is 3.45. The molecular formula is C21H23F2N9O. The van der Waals surface area contributed by atoms with Gasteiger partial charge in [0.25, 0.3) is 5.92 Å². The Morgan fingerprint density at radius 1 is 1.12 bits per heavy atom. The van der Waals surface area contributed by atoms with Crippen LogP contribution < -0.4 is 10.6 Å². The van der Waals surface area contributed by atoms with E-state index in [2.05, 4.69) is 30.8 Å². The van der Waals surface area contributed by atoms with Crippen LogP contribution in [-0.2, 0) is 4.74 Å². The highest BCUT2D eigenvalue weighted by Gasteiger charge is 2.47. The second-order valence-electron chi connectivity index (χ2n) is 8.41. The molecule has 0 unspecified atom stereocenters. The molecule has 33 heavy (non-hydrogen) atoms. The Labute approximate surface area is 187 Å². The van der Waals surface area contributed by atoms with Crippen LogP contribution in [0.25, 0.3) is 22.4 Å². The summed E-state index contributed by atoms with van der Waals surface area (Å²) in [4.78, 5) is 10.5. The molecule has 0 saturated carbocycles. The Morgan fingerprint density at radius 3 is 2.76 bits per heavy atom. The van der Waals surface area contributed by atoms with Crippen molar-refractivity contribution in [1.29, 1.82) is 0 Å². The lowest BCUT2D eigenvalue weighted by molar-refractivity contribution is -0.131. The fraction of sp³-hybridized carbons (Fsp3) is 0.429. The fourth-order valence-electron chi connectivity index (χ4n) is 4.47. The molecule has 1 atom stereocenters. The number of nitrogens with one attached hydrogen (secondary N) is 2. The first-order valence-corrected chi connectivity index (χ1v) is 10.9. The van der Waals surface area contributed by atoms with Gasteiger partial charge in [0.2, 0.25) is 5.95 Å². The zero-order valence-electron chi connectivity index (χ0n) is 17.9. The molecule has 10 nitrogen and oxygen atoms in total. The van der Waals surface area contributed by atoms with Gasteiger partial charge in [-0.1, -0.05) is 0 Å². The number of anilines is 2. The number of nitrogens with zero attached hydrogens (tertiary/aromatic N) is 7. The first-order valence-electron chi connectivity index (χ1n) is 10.9. The second-order valence-corrected chi connectivity index (χ2v) is 8.41. The molecule has 12 heteroatoms. The minimum Gasteiger partial charge on any atom is -0.378 e. The fourth-order valence-corrected chi connectivity index (χ4v) is 4.47. The maximum atomic E-state index is 14.9. The predicted molar refractivity (Wildman–Crippen MR) is 118 cm³/mol. The lowest BCUT2D eigenvalue weighted by Gasteiger charge is -2.44. The van der Waals surface area contributed by atoms with Crippen LogP contribution in [-0.4, -0.2) is 85.5 Å². The number of hydrogen-bond donors (Lipinski definition) is 2. The lowest BCUT2D eigenvalue weighted by atomic mass is 9.98. The number of hydrogen-bond acceptors (Lipinski definition) is 8. The Kier molecular flexibility index (Phi) is 4.66. The van der Waals surface area contributed by atoms with Gasteiger partial charge in [0, 0.05) is 37.7 Å². The molecule has 0 amide bonds. The van der Waals surface area contributed by atoms with Crippen molar-refractivity contribution in [2.45, 2.75) is 24.4 Å². The van der Waals surface area contributed by atoms with E-state index < -0.39 is 12.0 Å². The number of rotatable bonds is 5. The standard InChI is InChI=1S/C21H23F2N9O/c1-24-19-18-14(15-2-3-17-25-6-9-31(17)28-15)4-8-32(18)29-20(27-19)26-16-5-7-30(12-21(16,22)23)13-10-33-11-13/h2-4,6,8-9,13,16H,5,7,10-12H2,1H3,(H2,24,26,27,29)/t16-/m1/s1. The van der Waals surface area contributed by atoms with E-state index in [1.54, 1.807) is 34.7 Å². The topological polar surface area (TPSA) is 96.9 Å². The molecule has 2 N–H and O–H groups in total. The number of imidazole rings is 1. The number of likely N-dealkylation sites (tertiary alicyclic amines) is 1. The van der Waals surface area contributed by atoms with E-state index in [1.165, 1.54) is 0 Å². The zero-order valence-corrected chi connectivity index (χ0v) is 17.9. The van der Waals surface area contributed by atoms with Gasteiger partial charge in [0.15, 0.2) is 11.5 Å². The summed E-state index contributed by atoms with van der Waals surface area (Å²) in [5.74, 6) is -2.23. The number of halogens is 2. The van der Waals surface area contributed by atoms with Crippen LogP contribution in [0.15, 0.2) is 36.8 Å². The smallest absolute Gasteiger partial charge is 0.280 e. The Balaban J connectivity index is 1.30. The highest BCUT2D eigenvalue weighted by molar-refractivity contribution is 5.87. The number of ether oxygens (including phenoxy) is 1. The van der Waals surface area contributed by atoms with Crippen molar-refractivity contribution in [3.63, 3.8) is 0 Å². The third-order valence-corrected chi connectivity index (χ3v) is 6.35. The third-order valence-electron chi connectivity index (χ3n) is 6.35. The van der Waals surface area contributed by atoms with Crippen molar-refractivity contribution in [1.82, 2.24) is 34.1 Å². The van der Waals surface area contributed by atoms with Gasteiger partial charge in [0.1, 0.15) is 5.52 Å². The summed E-state index contributed by atoms with van der Waals surface area (Å²) < 4.78 is 38.3. The monoisotopic (exact) mass is 455 g/mol. The van der Waals surface area contributed by atoms with E-state index in [-0.39, 0.29) is 18.5 Å². The summed E-state index contributed by atoms with van der Waals surface area (Å²) in [6.07, 6.45) is 5.53. The van der Waals surface area contributed by atoms with Gasteiger partial charge in [-0.15, -0.1) is 5.10 Å². The van der Waals surface area contributed by atoms with Crippen LogP contribution in [0.2, 0.25) is 0 Å². The number of alkyl halides is 2. The Hall–Kier alpha value is -3.38. The van der Waals surface area contributed by atoms with Crippen LogP contribution in [0.3, 0.4) is 0 Å². The molecule has 2 fully saturated rings. The maximum Gasteiger partial charge on any atom is 0.280 e. The molecule has 0 spiro atoms. The second kappa shape index (κ2) is 7.59. The van der Waals surface area contributed by atoms with Gasteiger partial charge < -0.3 is 15.4 Å². The highest BCUT2D eigenvalue weighted by atomic mass is 19.3. The normalized spacial score (nSPS) is 21.4. The van der Waals surface area contributed by atoms with Crippen molar-refractivity contribution in [2.24, 2.45) is 0 Å². The van der Waals surface area contributed by atoms with E-state index >= 15 is 0 Å². The van der Waals surface area contributed by atoms with Crippen LogP contribution in [0.4, 0.5) is 20.5 Å². The first-order chi connectivity index (χ1) is 16.0. The molecule has 2 aliphatic heterocycles. The number of piperidine rings is 1. The largest absolute Gasteiger partial charge is 0.378 e. The molecule has 2 aliphatic rings. The highest BCUT2D eigenvalue weighted by Crippen LogP contribution is 2.33. The van der Waals surface area contributed by atoms with E-state index in [1.807, 2.05) is 23.1 Å². The van der Waals surface area contributed by atoms with E-state index in [4.69, 9.17) is 4.74 Å². The summed E-state index contributed by atoms with van der Waals surface area (Å²) in [5.41, 5.74) is 3.00.